The number of para-hydroxylation sites is 1. The van der Waals surface area contributed by atoms with Crippen molar-refractivity contribution in [2.45, 2.75) is 13.5 Å². The van der Waals surface area contributed by atoms with Crippen LogP contribution in [-0.2, 0) is 11.3 Å². The average Bonchev–Trinajstić information content (AvgIpc) is 3.57. The molecule has 1 N–H and O–H groups in total. The minimum atomic E-state index is -0.515. The zero-order valence-corrected chi connectivity index (χ0v) is 20.2. The van der Waals surface area contributed by atoms with Crippen molar-refractivity contribution >= 4 is 28.7 Å². The van der Waals surface area contributed by atoms with Crippen LogP contribution < -0.4 is 10.5 Å². The number of esters is 1. The number of aromatic amines is 1. The number of rotatable bonds is 7. The standard InChI is InChI=1S/C26H23N7O4/c1-3-37-25(36)19-13-28-33(15-19)26-29-22-21(23(34)30-26)27-16-32(22)14-17-9-11-18(12-10-17)24(35)31(2)20-7-5-4-6-8-20/h4-13,15-16H,3,14H2,1-2H3,(H,29,30,34). The Morgan fingerprint density at radius 2 is 1.81 bits per heavy atom. The number of nitrogens with zero attached hydrogens (tertiary/aromatic N) is 6. The molecule has 0 unspecified atom stereocenters. The van der Waals surface area contributed by atoms with Gasteiger partial charge in [-0.2, -0.15) is 10.1 Å². The third-order valence-electron chi connectivity index (χ3n) is 5.77. The molecule has 0 atom stereocenters. The molecule has 2 aromatic carbocycles. The van der Waals surface area contributed by atoms with E-state index in [-0.39, 0.29) is 29.5 Å². The Balaban J connectivity index is 1.38. The Hall–Kier alpha value is -5.06. The first kappa shape index (κ1) is 23.7. The highest BCUT2D eigenvalue weighted by Crippen LogP contribution is 2.17. The Morgan fingerprint density at radius 1 is 1.05 bits per heavy atom. The van der Waals surface area contributed by atoms with Crippen molar-refractivity contribution in [2.75, 3.05) is 18.6 Å². The van der Waals surface area contributed by atoms with Crippen molar-refractivity contribution in [3.63, 3.8) is 0 Å². The topological polar surface area (TPSA) is 128 Å². The van der Waals surface area contributed by atoms with Gasteiger partial charge in [-0.1, -0.05) is 30.3 Å². The minimum Gasteiger partial charge on any atom is -0.462 e. The molecule has 0 aliphatic rings. The number of carbonyl (C=O) groups is 2. The van der Waals surface area contributed by atoms with Gasteiger partial charge in [-0.25, -0.2) is 14.5 Å². The molecule has 5 aromatic rings. The van der Waals surface area contributed by atoms with Crippen molar-refractivity contribution in [1.82, 2.24) is 29.3 Å². The van der Waals surface area contributed by atoms with E-state index in [1.807, 2.05) is 42.5 Å². The van der Waals surface area contributed by atoms with Crippen LogP contribution in [0.3, 0.4) is 0 Å². The van der Waals surface area contributed by atoms with Crippen molar-refractivity contribution < 1.29 is 14.3 Å². The van der Waals surface area contributed by atoms with E-state index in [0.717, 1.165) is 11.3 Å². The maximum absolute atomic E-state index is 12.9. The van der Waals surface area contributed by atoms with Crippen LogP contribution >= 0.6 is 0 Å². The Labute approximate surface area is 211 Å². The molecule has 0 aliphatic heterocycles. The average molecular weight is 498 g/mol. The van der Waals surface area contributed by atoms with E-state index in [2.05, 4.69) is 20.1 Å². The summed E-state index contributed by atoms with van der Waals surface area (Å²) in [5, 5.41) is 4.12. The summed E-state index contributed by atoms with van der Waals surface area (Å²) in [7, 11) is 1.74. The van der Waals surface area contributed by atoms with Crippen LogP contribution in [0.5, 0.6) is 0 Å². The zero-order chi connectivity index (χ0) is 25.9. The second-order valence-corrected chi connectivity index (χ2v) is 8.22. The lowest BCUT2D eigenvalue weighted by Crippen LogP contribution is -2.26. The number of benzene rings is 2. The third kappa shape index (κ3) is 4.74. The number of H-pyrrole nitrogens is 1. The number of ether oxygens (including phenoxy) is 1. The summed E-state index contributed by atoms with van der Waals surface area (Å²) < 4.78 is 8.01. The van der Waals surface area contributed by atoms with Crippen molar-refractivity contribution in [3.8, 4) is 5.95 Å². The summed E-state index contributed by atoms with van der Waals surface area (Å²) in [6.07, 6.45) is 4.31. The molecule has 3 aromatic heterocycles. The van der Waals surface area contributed by atoms with Crippen LogP contribution in [0.25, 0.3) is 17.1 Å². The van der Waals surface area contributed by atoms with Gasteiger partial charge >= 0.3 is 5.97 Å². The van der Waals surface area contributed by atoms with Crippen LogP contribution in [-0.4, -0.2) is 54.8 Å². The lowest BCUT2D eigenvalue weighted by Gasteiger charge is -2.17. The molecule has 37 heavy (non-hydrogen) atoms. The van der Waals surface area contributed by atoms with Gasteiger partial charge in [0.2, 0.25) is 5.95 Å². The second kappa shape index (κ2) is 9.90. The first-order valence-corrected chi connectivity index (χ1v) is 11.5. The summed E-state index contributed by atoms with van der Waals surface area (Å²) in [6, 6.07) is 16.7. The van der Waals surface area contributed by atoms with E-state index in [1.54, 1.807) is 35.6 Å². The molecule has 0 spiro atoms. The number of anilines is 1. The fourth-order valence-electron chi connectivity index (χ4n) is 3.84. The summed E-state index contributed by atoms with van der Waals surface area (Å²) in [5.41, 5.74) is 2.60. The number of fused-ring (bicyclic) bond motifs is 1. The molecule has 5 rings (SSSR count). The molecular weight excluding hydrogens is 474 g/mol. The smallest absolute Gasteiger partial charge is 0.341 e. The molecule has 0 radical (unpaired) electrons. The molecule has 0 saturated heterocycles. The van der Waals surface area contributed by atoms with Gasteiger partial charge in [-0.15, -0.1) is 0 Å². The highest BCUT2D eigenvalue weighted by Gasteiger charge is 2.16. The van der Waals surface area contributed by atoms with Crippen LogP contribution in [0.4, 0.5) is 5.69 Å². The summed E-state index contributed by atoms with van der Waals surface area (Å²) in [6.45, 7) is 2.33. The Kier molecular flexibility index (Phi) is 6.33. The second-order valence-electron chi connectivity index (χ2n) is 8.22. The number of aromatic nitrogens is 6. The monoisotopic (exact) mass is 497 g/mol. The maximum Gasteiger partial charge on any atom is 0.341 e. The van der Waals surface area contributed by atoms with Gasteiger partial charge in [0.25, 0.3) is 11.5 Å². The largest absolute Gasteiger partial charge is 0.462 e. The molecule has 11 nitrogen and oxygen atoms in total. The zero-order valence-electron chi connectivity index (χ0n) is 20.2. The summed E-state index contributed by atoms with van der Waals surface area (Å²) >= 11 is 0. The predicted molar refractivity (Wildman–Crippen MR) is 136 cm³/mol. The highest BCUT2D eigenvalue weighted by molar-refractivity contribution is 6.05. The number of amides is 1. The van der Waals surface area contributed by atoms with Crippen LogP contribution in [0.2, 0.25) is 0 Å². The normalized spacial score (nSPS) is 11.0. The summed E-state index contributed by atoms with van der Waals surface area (Å²) in [4.78, 5) is 50.4. The quantitative estimate of drug-likeness (QED) is 0.343. The highest BCUT2D eigenvalue weighted by atomic mass is 16.5. The van der Waals surface area contributed by atoms with Crippen LogP contribution in [0, 0.1) is 0 Å². The third-order valence-corrected chi connectivity index (χ3v) is 5.77. The molecule has 1 amide bonds. The van der Waals surface area contributed by atoms with Crippen molar-refractivity contribution in [3.05, 3.63) is 100 Å². The van der Waals surface area contributed by atoms with E-state index in [1.165, 1.54) is 23.4 Å². The molecule has 11 heteroatoms. The van der Waals surface area contributed by atoms with Gasteiger partial charge in [0.05, 0.1) is 31.2 Å². The fraction of sp³-hybridized carbons (Fsp3) is 0.154. The van der Waals surface area contributed by atoms with Crippen LogP contribution in [0.15, 0.2) is 78.1 Å². The van der Waals surface area contributed by atoms with E-state index in [4.69, 9.17) is 4.74 Å². The number of nitrogens with one attached hydrogen (secondary N) is 1. The van der Waals surface area contributed by atoms with E-state index >= 15 is 0 Å². The molecule has 3 heterocycles. The van der Waals surface area contributed by atoms with Gasteiger partial charge in [0, 0.05) is 24.5 Å². The van der Waals surface area contributed by atoms with Gasteiger partial charge in [-0.3, -0.25) is 14.6 Å². The number of imidazole rings is 1. The van der Waals surface area contributed by atoms with Crippen LogP contribution in [0.1, 0.15) is 33.2 Å². The summed E-state index contributed by atoms with van der Waals surface area (Å²) in [5.74, 6) is -0.496. The van der Waals surface area contributed by atoms with Gasteiger partial charge in [0.1, 0.15) is 0 Å². The SMILES string of the molecule is CCOC(=O)c1cnn(-c2nc3c(ncn3Cc3ccc(C(=O)N(C)c4ccccc4)cc3)c(=O)[nH]2)c1. The number of hydrogen-bond donors (Lipinski definition) is 1. The molecule has 0 bridgehead atoms. The van der Waals surface area contributed by atoms with Gasteiger partial charge in [0.15, 0.2) is 11.2 Å². The molecule has 0 aliphatic carbocycles. The van der Waals surface area contributed by atoms with E-state index in [9.17, 15) is 14.4 Å². The fourth-order valence-corrected chi connectivity index (χ4v) is 3.84. The first-order chi connectivity index (χ1) is 17.9. The molecular formula is C26H23N7O4. The maximum atomic E-state index is 12.9. The van der Waals surface area contributed by atoms with Gasteiger partial charge in [-0.05, 0) is 36.8 Å². The van der Waals surface area contributed by atoms with E-state index < -0.39 is 11.5 Å². The number of carbonyl (C=O) groups excluding carboxylic acids is 2. The molecule has 186 valence electrons. The lowest BCUT2D eigenvalue weighted by atomic mass is 10.1. The Bertz CT molecular complexity index is 1640. The van der Waals surface area contributed by atoms with Gasteiger partial charge < -0.3 is 14.2 Å². The predicted octanol–water partition coefficient (Wildman–Crippen LogP) is 2.81. The number of hydrogen-bond acceptors (Lipinski definition) is 7. The minimum absolute atomic E-state index is 0.120. The van der Waals surface area contributed by atoms with E-state index in [0.29, 0.717) is 17.8 Å². The Morgan fingerprint density at radius 3 is 2.54 bits per heavy atom. The molecule has 0 saturated carbocycles. The first-order valence-electron chi connectivity index (χ1n) is 11.5. The van der Waals surface area contributed by atoms with Crippen molar-refractivity contribution in [2.24, 2.45) is 0 Å². The molecule has 0 fully saturated rings. The lowest BCUT2D eigenvalue weighted by molar-refractivity contribution is 0.0526. The van der Waals surface area contributed by atoms with Crippen molar-refractivity contribution in [1.29, 1.82) is 0 Å².